The van der Waals surface area contributed by atoms with Gasteiger partial charge in [0.2, 0.25) is 5.91 Å². The van der Waals surface area contributed by atoms with Crippen LogP contribution in [-0.2, 0) is 4.79 Å². The van der Waals surface area contributed by atoms with E-state index in [1.165, 1.54) is 21.4 Å². The lowest BCUT2D eigenvalue weighted by Crippen LogP contribution is -2.42. The summed E-state index contributed by atoms with van der Waals surface area (Å²) < 4.78 is 1.93. The molecule has 0 radical (unpaired) electrons. The van der Waals surface area contributed by atoms with Crippen molar-refractivity contribution in [1.82, 2.24) is 29.1 Å². The standard InChI is InChI=1S/C32H42N6O3/c1-20(2)29-25-16-23(22-9-11-37(12-10-22)28(40)19-35(4)5)7-8-26(25)33-30(29)24-15-21(3)31-34-27(18-38(31)17-24)32(41)36(6)13-14-39/h7-8,15-18,20,22,33,39H,9-14,19H2,1-6H3. The Morgan fingerprint density at radius 3 is 2.51 bits per heavy atom. The molecule has 0 atom stereocenters. The lowest BCUT2D eigenvalue weighted by Gasteiger charge is -2.33. The number of carbonyl (C=O) groups excluding carboxylic acids is 2. The van der Waals surface area contributed by atoms with Crippen molar-refractivity contribution in [3.8, 4) is 11.3 Å². The van der Waals surface area contributed by atoms with Gasteiger partial charge in [0, 0.05) is 55.5 Å². The Hall–Kier alpha value is -3.69. The molecule has 1 aliphatic rings. The van der Waals surface area contributed by atoms with E-state index in [-0.39, 0.29) is 25.0 Å². The molecule has 1 aliphatic heterocycles. The molecule has 0 bridgehead atoms. The lowest BCUT2D eigenvalue weighted by molar-refractivity contribution is -0.132. The van der Waals surface area contributed by atoms with Crippen LogP contribution in [0.3, 0.4) is 0 Å². The molecule has 1 aromatic carbocycles. The highest BCUT2D eigenvalue weighted by atomic mass is 16.3. The van der Waals surface area contributed by atoms with Gasteiger partial charge in [-0.2, -0.15) is 0 Å². The molecular formula is C32H42N6O3. The van der Waals surface area contributed by atoms with Crippen LogP contribution >= 0.6 is 0 Å². The van der Waals surface area contributed by atoms with Crippen molar-refractivity contribution in [3.05, 3.63) is 59.0 Å². The van der Waals surface area contributed by atoms with E-state index in [9.17, 15) is 14.7 Å². The fourth-order valence-corrected chi connectivity index (χ4v) is 6.10. The number of carbonyl (C=O) groups is 2. The second-order valence-corrected chi connectivity index (χ2v) is 12.0. The Kier molecular flexibility index (Phi) is 8.20. The first-order valence-corrected chi connectivity index (χ1v) is 14.5. The molecule has 0 spiro atoms. The number of H-pyrrole nitrogens is 1. The van der Waals surface area contributed by atoms with Crippen molar-refractivity contribution in [2.24, 2.45) is 0 Å². The first kappa shape index (κ1) is 28.8. The Balaban J connectivity index is 1.46. The fraction of sp³-hybridized carbons (Fsp3) is 0.469. The molecule has 0 unspecified atom stereocenters. The number of hydrogen-bond acceptors (Lipinski definition) is 5. The molecule has 9 heteroatoms. The number of fused-ring (bicyclic) bond motifs is 2. The normalized spacial score (nSPS) is 14.6. The second kappa shape index (κ2) is 11.7. The van der Waals surface area contributed by atoms with Gasteiger partial charge in [0.15, 0.2) is 0 Å². The van der Waals surface area contributed by atoms with Crippen molar-refractivity contribution < 1.29 is 14.7 Å². The van der Waals surface area contributed by atoms with Crippen LogP contribution in [0.4, 0.5) is 0 Å². The number of aromatic amines is 1. The summed E-state index contributed by atoms with van der Waals surface area (Å²) in [7, 11) is 5.54. The van der Waals surface area contributed by atoms with Gasteiger partial charge < -0.3 is 29.2 Å². The molecule has 1 saturated heterocycles. The SMILES string of the molecule is Cc1cc(-c2[nH]c3ccc(C4CCN(C(=O)CN(C)C)CC4)cc3c2C(C)C)cn2cc(C(=O)N(C)CCO)nc12. The summed E-state index contributed by atoms with van der Waals surface area (Å²) in [5.41, 5.74) is 7.94. The number of likely N-dealkylation sites (N-methyl/N-ethyl adjacent to an activating group) is 2. The number of nitrogens with one attached hydrogen (secondary N) is 1. The first-order chi connectivity index (χ1) is 19.6. The van der Waals surface area contributed by atoms with Gasteiger partial charge >= 0.3 is 0 Å². The number of hydrogen-bond donors (Lipinski definition) is 2. The zero-order valence-corrected chi connectivity index (χ0v) is 25.1. The molecule has 2 N–H and O–H groups in total. The highest BCUT2D eigenvalue weighted by Crippen LogP contribution is 2.38. The van der Waals surface area contributed by atoms with Crippen molar-refractivity contribution in [2.75, 3.05) is 53.9 Å². The number of aromatic nitrogens is 3. The summed E-state index contributed by atoms with van der Waals surface area (Å²) in [6.07, 6.45) is 5.76. The average molecular weight is 559 g/mol. The van der Waals surface area contributed by atoms with Crippen LogP contribution in [-0.4, -0.2) is 99.9 Å². The van der Waals surface area contributed by atoms with Crippen LogP contribution in [0.15, 0.2) is 36.7 Å². The molecule has 1 fully saturated rings. The Morgan fingerprint density at radius 1 is 1.12 bits per heavy atom. The Bertz CT molecular complexity index is 1580. The number of piperidine rings is 1. The fourth-order valence-electron chi connectivity index (χ4n) is 6.10. The minimum absolute atomic E-state index is 0.0888. The lowest BCUT2D eigenvalue weighted by atomic mass is 9.87. The first-order valence-electron chi connectivity index (χ1n) is 14.5. The molecule has 0 saturated carbocycles. The molecular weight excluding hydrogens is 516 g/mol. The third kappa shape index (κ3) is 5.74. The van der Waals surface area contributed by atoms with E-state index < -0.39 is 0 Å². The number of pyridine rings is 1. The van der Waals surface area contributed by atoms with Gasteiger partial charge in [-0.1, -0.05) is 19.9 Å². The minimum atomic E-state index is -0.211. The molecule has 4 aromatic rings. The molecule has 41 heavy (non-hydrogen) atoms. The summed E-state index contributed by atoms with van der Waals surface area (Å²) in [6, 6.07) is 8.91. The van der Waals surface area contributed by atoms with Crippen LogP contribution in [0.1, 0.15) is 65.7 Å². The number of aliphatic hydroxyl groups is 1. The maximum Gasteiger partial charge on any atom is 0.273 e. The molecule has 4 heterocycles. The maximum atomic E-state index is 12.8. The smallest absolute Gasteiger partial charge is 0.273 e. The van der Waals surface area contributed by atoms with Crippen molar-refractivity contribution in [1.29, 1.82) is 0 Å². The van der Waals surface area contributed by atoms with Crippen molar-refractivity contribution >= 4 is 28.4 Å². The topological polar surface area (TPSA) is 97.2 Å². The Labute approximate surface area is 241 Å². The molecule has 0 aliphatic carbocycles. The van der Waals surface area contributed by atoms with Gasteiger partial charge in [0.05, 0.1) is 18.8 Å². The van der Waals surface area contributed by atoms with Gasteiger partial charge in [0.1, 0.15) is 11.3 Å². The van der Waals surface area contributed by atoms with Gasteiger partial charge in [-0.25, -0.2) is 4.98 Å². The average Bonchev–Trinajstić information content (AvgIpc) is 3.54. The molecule has 5 rings (SSSR count). The molecule has 218 valence electrons. The number of likely N-dealkylation sites (tertiary alicyclic amines) is 1. The van der Waals surface area contributed by atoms with E-state index in [2.05, 4.69) is 48.1 Å². The van der Waals surface area contributed by atoms with E-state index >= 15 is 0 Å². The quantitative estimate of drug-likeness (QED) is 0.337. The number of imidazole rings is 1. The van der Waals surface area contributed by atoms with Gasteiger partial charge in [-0.05, 0) is 80.6 Å². The van der Waals surface area contributed by atoms with E-state index in [0.29, 0.717) is 24.1 Å². The summed E-state index contributed by atoms with van der Waals surface area (Å²) in [6.45, 7) is 8.71. The van der Waals surface area contributed by atoms with Gasteiger partial charge in [0.25, 0.3) is 5.91 Å². The van der Waals surface area contributed by atoms with E-state index in [1.807, 2.05) is 41.4 Å². The summed E-state index contributed by atoms with van der Waals surface area (Å²) in [5, 5.41) is 10.5. The number of nitrogens with zero attached hydrogens (tertiary/aromatic N) is 5. The number of amides is 2. The zero-order chi connectivity index (χ0) is 29.4. The molecule has 2 amide bonds. The summed E-state index contributed by atoms with van der Waals surface area (Å²) in [4.78, 5) is 39.0. The van der Waals surface area contributed by atoms with Crippen molar-refractivity contribution in [3.63, 3.8) is 0 Å². The number of benzene rings is 1. The summed E-state index contributed by atoms with van der Waals surface area (Å²) in [5.74, 6) is 0.728. The van der Waals surface area contributed by atoms with E-state index in [1.54, 1.807) is 13.2 Å². The third-order valence-corrected chi connectivity index (χ3v) is 8.24. The summed E-state index contributed by atoms with van der Waals surface area (Å²) >= 11 is 0. The van der Waals surface area contributed by atoms with Crippen LogP contribution in [0.2, 0.25) is 0 Å². The highest BCUT2D eigenvalue weighted by molar-refractivity contribution is 5.94. The van der Waals surface area contributed by atoms with Crippen LogP contribution in [0, 0.1) is 6.92 Å². The Morgan fingerprint density at radius 2 is 1.85 bits per heavy atom. The number of rotatable bonds is 8. The predicted octanol–water partition coefficient (Wildman–Crippen LogP) is 4.25. The van der Waals surface area contributed by atoms with E-state index in [0.717, 1.165) is 53.9 Å². The van der Waals surface area contributed by atoms with Crippen molar-refractivity contribution in [2.45, 2.75) is 45.4 Å². The molecule has 3 aromatic heterocycles. The monoisotopic (exact) mass is 558 g/mol. The molecule has 9 nitrogen and oxygen atoms in total. The number of aliphatic hydroxyl groups excluding tert-OH is 1. The number of aryl methyl sites for hydroxylation is 1. The van der Waals surface area contributed by atoms with E-state index in [4.69, 9.17) is 0 Å². The van der Waals surface area contributed by atoms with Crippen LogP contribution in [0.25, 0.3) is 27.8 Å². The van der Waals surface area contributed by atoms with Gasteiger partial charge in [-0.3, -0.25) is 9.59 Å². The van der Waals surface area contributed by atoms with Crippen LogP contribution < -0.4 is 0 Å². The third-order valence-electron chi connectivity index (χ3n) is 8.24. The minimum Gasteiger partial charge on any atom is -0.395 e. The predicted molar refractivity (Wildman–Crippen MR) is 162 cm³/mol. The maximum absolute atomic E-state index is 12.8. The van der Waals surface area contributed by atoms with Crippen LogP contribution in [0.5, 0.6) is 0 Å². The van der Waals surface area contributed by atoms with Gasteiger partial charge in [-0.15, -0.1) is 0 Å². The largest absolute Gasteiger partial charge is 0.395 e. The zero-order valence-electron chi connectivity index (χ0n) is 25.1. The highest BCUT2D eigenvalue weighted by Gasteiger charge is 2.25. The second-order valence-electron chi connectivity index (χ2n) is 12.0.